The van der Waals surface area contributed by atoms with Crippen molar-refractivity contribution in [2.24, 2.45) is 5.92 Å². The maximum Gasteiger partial charge on any atom is 0.222 e. The molecule has 2 atom stereocenters. The molecule has 0 spiro atoms. The zero-order chi connectivity index (χ0) is 21.6. The van der Waals surface area contributed by atoms with Crippen LogP contribution in [0, 0.1) is 12.8 Å². The van der Waals surface area contributed by atoms with Crippen molar-refractivity contribution in [2.45, 2.75) is 71.4 Å². The first kappa shape index (κ1) is 22.6. The topological polar surface area (TPSA) is 29.5 Å². The van der Waals surface area contributed by atoms with Gasteiger partial charge in [-0.05, 0) is 43.2 Å². The van der Waals surface area contributed by atoms with E-state index in [1.807, 2.05) is 30.0 Å². The molecular weight excluding hydrogens is 370 g/mol. The van der Waals surface area contributed by atoms with Crippen LogP contribution in [0.4, 0.5) is 0 Å². The fraction of sp³-hybridized carbons (Fsp3) is 0.519. The van der Waals surface area contributed by atoms with Crippen LogP contribution in [0.2, 0.25) is 0 Å². The van der Waals surface area contributed by atoms with E-state index < -0.39 is 0 Å². The Morgan fingerprint density at radius 2 is 1.83 bits per heavy atom. The predicted octanol–water partition coefficient (Wildman–Crippen LogP) is 5.90. The lowest BCUT2D eigenvalue weighted by molar-refractivity contribution is -0.132. The van der Waals surface area contributed by atoms with E-state index in [1.165, 1.54) is 16.7 Å². The fourth-order valence-corrected chi connectivity index (χ4v) is 4.59. The molecule has 1 saturated heterocycles. The molecule has 0 unspecified atom stereocenters. The number of aryl methyl sites for hydroxylation is 1. The van der Waals surface area contributed by atoms with E-state index in [-0.39, 0.29) is 17.4 Å². The van der Waals surface area contributed by atoms with Crippen LogP contribution in [-0.4, -0.2) is 30.1 Å². The van der Waals surface area contributed by atoms with Crippen LogP contribution in [0.25, 0.3) is 0 Å². The average Bonchev–Trinajstić information content (AvgIpc) is 2.77. The normalized spacial score (nSPS) is 21.6. The SMILES string of the molecule is CCC(=O)N(CC[C@]1(c2ccc(C)cc2)CCO[C@@H](C(C)C)C1)Cc1ccccc1. The van der Waals surface area contributed by atoms with Gasteiger partial charge in [-0.3, -0.25) is 4.79 Å². The first-order valence-electron chi connectivity index (χ1n) is 11.4. The molecule has 1 amide bonds. The summed E-state index contributed by atoms with van der Waals surface area (Å²) in [5, 5.41) is 0. The van der Waals surface area contributed by atoms with Crippen molar-refractivity contribution < 1.29 is 9.53 Å². The van der Waals surface area contributed by atoms with Gasteiger partial charge in [0.1, 0.15) is 0 Å². The van der Waals surface area contributed by atoms with Gasteiger partial charge in [0.25, 0.3) is 0 Å². The molecule has 162 valence electrons. The molecule has 0 bridgehead atoms. The lowest BCUT2D eigenvalue weighted by Crippen LogP contribution is -2.43. The quantitative estimate of drug-likeness (QED) is 0.545. The summed E-state index contributed by atoms with van der Waals surface area (Å²) in [4.78, 5) is 14.8. The van der Waals surface area contributed by atoms with Crippen LogP contribution in [0.15, 0.2) is 54.6 Å². The van der Waals surface area contributed by atoms with E-state index in [1.54, 1.807) is 0 Å². The van der Waals surface area contributed by atoms with Crippen LogP contribution in [0.3, 0.4) is 0 Å². The molecule has 1 aliphatic heterocycles. The van der Waals surface area contributed by atoms with Gasteiger partial charge in [-0.2, -0.15) is 0 Å². The van der Waals surface area contributed by atoms with Crippen molar-refractivity contribution in [3.63, 3.8) is 0 Å². The summed E-state index contributed by atoms with van der Waals surface area (Å²) in [5.74, 6) is 0.721. The maximum atomic E-state index is 12.7. The monoisotopic (exact) mass is 407 g/mol. The molecule has 1 aliphatic rings. The lowest BCUT2D eigenvalue weighted by atomic mass is 9.68. The van der Waals surface area contributed by atoms with Gasteiger partial charge in [-0.15, -0.1) is 0 Å². The van der Waals surface area contributed by atoms with Gasteiger partial charge in [0, 0.05) is 31.5 Å². The van der Waals surface area contributed by atoms with Gasteiger partial charge in [-0.1, -0.05) is 80.9 Å². The second-order valence-electron chi connectivity index (χ2n) is 9.16. The zero-order valence-corrected chi connectivity index (χ0v) is 19.1. The highest BCUT2D eigenvalue weighted by Gasteiger charge is 2.39. The van der Waals surface area contributed by atoms with Crippen molar-refractivity contribution >= 4 is 5.91 Å². The minimum absolute atomic E-state index is 0.0594. The first-order chi connectivity index (χ1) is 14.4. The Hall–Kier alpha value is -2.13. The molecule has 1 heterocycles. The van der Waals surface area contributed by atoms with Crippen molar-refractivity contribution in [3.05, 3.63) is 71.3 Å². The Bertz CT molecular complexity index is 799. The molecule has 1 fully saturated rings. The van der Waals surface area contributed by atoms with Crippen LogP contribution >= 0.6 is 0 Å². The summed E-state index contributed by atoms with van der Waals surface area (Å²) in [6.45, 7) is 10.8. The summed E-state index contributed by atoms with van der Waals surface area (Å²) in [6, 6.07) is 19.3. The first-order valence-corrected chi connectivity index (χ1v) is 11.4. The highest BCUT2D eigenvalue weighted by molar-refractivity contribution is 5.75. The van der Waals surface area contributed by atoms with E-state index in [2.05, 4.69) is 57.2 Å². The predicted molar refractivity (Wildman–Crippen MR) is 123 cm³/mol. The third kappa shape index (κ3) is 5.51. The standard InChI is InChI=1S/C27H37NO2/c1-5-26(29)28(20-23-9-7-6-8-10-23)17-15-27(24-13-11-22(4)12-14-24)16-18-30-25(19-27)21(2)3/h6-14,21,25H,5,15-20H2,1-4H3/t25-,27+/m1/s1. The second-order valence-corrected chi connectivity index (χ2v) is 9.16. The van der Waals surface area contributed by atoms with Gasteiger partial charge in [-0.25, -0.2) is 0 Å². The average molecular weight is 408 g/mol. The third-order valence-corrected chi connectivity index (χ3v) is 6.64. The van der Waals surface area contributed by atoms with Gasteiger partial charge < -0.3 is 9.64 Å². The van der Waals surface area contributed by atoms with Crippen molar-refractivity contribution in [1.29, 1.82) is 0 Å². The molecule has 2 aromatic carbocycles. The van der Waals surface area contributed by atoms with Gasteiger partial charge in [0.2, 0.25) is 5.91 Å². The van der Waals surface area contributed by atoms with Crippen molar-refractivity contribution in [2.75, 3.05) is 13.2 Å². The van der Waals surface area contributed by atoms with E-state index in [4.69, 9.17) is 4.74 Å². The Balaban J connectivity index is 1.84. The van der Waals surface area contributed by atoms with E-state index in [0.29, 0.717) is 18.9 Å². The number of nitrogens with zero attached hydrogens (tertiary/aromatic N) is 1. The molecule has 3 rings (SSSR count). The zero-order valence-electron chi connectivity index (χ0n) is 19.1. The fourth-order valence-electron chi connectivity index (χ4n) is 4.59. The largest absolute Gasteiger partial charge is 0.378 e. The van der Waals surface area contributed by atoms with E-state index >= 15 is 0 Å². The Labute approximate surface area is 182 Å². The molecule has 0 aliphatic carbocycles. The molecule has 3 heteroatoms. The molecule has 0 aromatic heterocycles. The molecule has 30 heavy (non-hydrogen) atoms. The van der Waals surface area contributed by atoms with Gasteiger partial charge in [0.15, 0.2) is 0 Å². The number of amides is 1. The Kier molecular flexibility index (Phi) is 7.71. The lowest BCUT2D eigenvalue weighted by Gasteiger charge is -2.44. The summed E-state index contributed by atoms with van der Waals surface area (Å²) in [5.41, 5.74) is 3.93. The molecular formula is C27H37NO2. The summed E-state index contributed by atoms with van der Waals surface area (Å²) < 4.78 is 6.13. The number of carbonyl (C=O) groups excluding carboxylic acids is 1. The summed E-state index contributed by atoms with van der Waals surface area (Å²) in [7, 11) is 0. The number of hydrogen-bond donors (Lipinski definition) is 0. The number of ether oxygens (including phenoxy) is 1. The van der Waals surface area contributed by atoms with Crippen LogP contribution < -0.4 is 0 Å². The molecule has 3 nitrogen and oxygen atoms in total. The van der Waals surface area contributed by atoms with E-state index in [0.717, 1.165) is 32.4 Å². The molecule has 2 aromatic rings. The molecule has 0 N–H and O–H groups in total. The summed E-state index contributed by atoms with van der Waals surface area (Å²) in [6.07, 6.45) is 3.82. The highest BCUT2D eigenvalue weighted by Crippen LogP contribution is 2.42. The molecule has 0 saturated carbocycles. The minimum atomic E-state index is 0.0594. The van der Waals surface area contributed by atoms with Crippen LogP contribution in [0.5, 0.6) is 0 Å². The Morgan fingerprint density at radius 1 is 1.13 bits per heavy atom. The number of carbonyl (C=O) groups is 1. The van der Waals surface area contributed by atoms with Gasteiger partial charge >= 0.3 is 0 Å². The second kappa shape index (κ2) is 10.3. The van der Waals surface area contributed by atoms with Crippen molar-refractivity contribution in [1.82, 2.24) is 4.90 Å². The summed E-state index contributed by atoms with van der Waals surface area (Å²) >= 11 is 0. The van der Waals surface area contributed by atoms with E-state index in [9.17, 15) is 4.79 Å². The number of benzene rings is 2. The number of hydrogen-bond acceptors (Lipinski definition) is 2. The van der Waals surface area contributed by atoms with Crippen molar-refractivity contribution in [3.8, 4) is 0 Å². The number of rotatable bonds is 8. The Morgan fingerprint density at radius 3 is 2.47 bits per heavy atom. The minimum Gasteiger partial charge on any atom is -0.378 e. The van der Waals surface area contributed by atoms with Gasteiger partial charge in [0.05, 0.1) is 6.10 Å². The maximum absolute atomic E-state index is 12.7. The highest BCUT2D eigenvalue weighted by atomic mass is 16.5. The van der Waals surface area contributed by atoms with Crippen LogP contribution in [0.1, 0.15) is 63.1 Å². The third-order valence-electron chi connectivity index (χ3n) is 6.64. The molecule has 0 radical (unpaired) electrons. The smallest absolute Gasteiger partial charge is 0.222 e. The van der Waals surface area contributed by atoms with Crippen LogP contribution in [-0.2, 0) is 21.5 Å².